The zero-order valence-corrected chi connectivity index (χ0v) is 26.3. The van der Waals surface area contributed by atoms with E-state index in [9.17, 15) is 27.2 Å². The van der Waals surface area contributed by atoms with E-state index in [1.165, 1.54) is 29.2 Å². The minimum absolute atomic E-state index is 0.0223. The van der Waals surface area contributed by atoms with Crippen LogP contribution >= 0.6 is 22.9 Å². The fourth-order valence-corrected chi connectivity index (χ4v) is 4.92. The summed E-state index contributed by atoms with van der Waals surface area (Å²) in [5.41, 5.74) is 3.66. The highest BCUT2D eigenvalue weighted by Gasteiger charge is 2.36. The van der Waals surface area contributed by atoms with E-state index in [1.807, 2.05) is 26.0 Å². The van der Waals surface area contributed by atoms with Gasteiger partial charge in [-0.25, -0.2) is 4.39 Å². The Hall–Kier alpha value is -3.29. The highest BCUT2D eigenvalue weighted by Crippen LogP contribution is 2.34. The van der Waals surface area contributed by atoms with Crippen LogP contribution in [0.5, 0.6) is 5.19 Å². The van der Waals surface area contributed by atoms with E-state index in [2.05, 4.69) is 23.2 Å². The smallest absolute Gasteiger partial charge is 0.445 e. The Morgan fingerprint density at radius 1 is 1.02 bits per heavy atom. The Morgan fingerprint density at radius 2 is 1.67 bits per heavy atom. The summed E-state index contributed by atoms with van der Waals surface area (Å²) in [6.07, 6.45) is -3.73. The van der Waals surface area contributed by atoms with Crippen LogP contribution < -0.4 is 14.5 Å². The van der Waals surface area contributed by atoms with Gasteiger partial charge in [-0.2, -0.15) is 13.2 Å². The van der Waals surface area contributed by atoms with Gasteiger partial charge in [0, 0.05) is 18.8 Å². The molecule has 0 radical (unpaired) electrons. The highest BCUT2D eigenvalue weighted by atomic mass is 35.5. The Morgan fingerprint density at radius 3 is 2.19 bits per heavy atom. The van der Waals surface area contributed by atoms with Crippen LogP contribution in [-0.2, 0) is 26.9 Å². The number of methoxy groups -OCH3 is 1. The van der Waals surface area contributed by atoms with Crippen LogP contribution in [0.25, 0.3) is 0 Å². The zero-order valence-electron chi connectivity index (χ0n) is 24.7. The topological polar surface area (TPSA) is 84.9 Å². The third kappa shape index (κ3) is 10.1. The lowest BCUT2D eigenvalue weighted by atomic mass is 10.0. The molecule has 0 saturated heterocycles. The Kier molecular flexibility index (Phi) is 13.8. The van der Waals surface area contributed by atoms with Crippen molar-refractivity contribution < 1.29 is 36.6 Å². The number of anilines is 2. The van der Waals surface area contributed by atoms with Crippen molar-refractivity contribution >= 4 is 46.1 Å². The van der Waals surface area contributed by atoms with Crippen LogP contribution in [0.15, 0.2) is 42.5 Å². The minimum atomic E-state index is -4.61. The summed E-state index contributed by atoms with van der Waals surface area (Å²) in [5, 5.41) is 4.72. The number of carbonyl (C=O) groups excluding carboxylic acids is 2. The van der Waals surface area contributed by atoms with Gasteiger partial charge in [0.25, 0.3) is 11.1 Å². The fourth-order valence-electron chi connectivity index (χ4n) is 4.23. The molecule has 14 heteroatoms. The van der Waals surface area contributed by atoms with Crippen molar-refractivity contribution in [2.24, 2.45) is 0 Å². The number of aromatic nitrogens is 2. The summed E-state index contributed by atoms with van der Waals surface area (Å²) in [5.74, 6) is -1.05. The first-order valence-electron chi connectivity index (χ1n) is 13.3. The number of rotatable bonds is 11. The van der Waals surface area contributed by atoms with Crippen molar-refractivity contribution in [1.82, 2.24) is 10.2 Å². The minimum Gasteiger partial charge on any atom is -0.459 e. The molecule has 0 aliphatic heterocycles. The van der Waals surface area contributed by atoms with Crippen LogP contribution in [0.4, 0.5) is 28.9 Å². The molecular weight excluding hydrogens is 612 g/mol. The molecule has 43 heavy (non-hydrogen) atoms. The standard InChI is InChI=1S/C15H22ClNO2.C14H13F4N3O2S/c1-5-13-8-6-7-11(2)15(13)17(14(18)9-16)12(3)10-19-4;1-8(2)21(10-5-3-9(15)4-6-10)11(22)7-23-13-20-19-12(24-13)14(16,17)18/h6-8,12H,5,9-10H2,1-4H3;3-6,8H,7H2,1-2H3/t12-;/m0./s1. The molecule has 0 aliphatic carbocycles. The number of carbonyl (C=O) groups is 2. The van der Waals surface area contributed by atoms with E-state index in [1.54, 1.807) is 25.9 Å². The van der Waals surface area contributed by atoms with Gasteiger partial charge >= 0.3 is 6.18 Å². The molecule has 3 aromatic rings. The first-order chi connectivity index (χ1) is 20.2. The fraction of sp³-hybridized carbons (Fsp3) is 0.448. The summed E-state index contributed by atoms with van der Waals surface area (Å²) in [7, 11) is 1.64. The third-order valence-corrected chi connectivity index (χ3v) is 7.14. The van der Waals surface area contributed by atoms with Gasteiger partial charge in [-0.05, 0) is 69.5 Å². The van der Waals surface area contributed by atoms with Gasteiger partial charge in [-0.3, -0.25) is 9.59 Å². The SMILES string of the molecule is CC(C)N(C(=O)COc1nnc(C(F)(F)F)s1)c1ccc(F)cc1.CCc1cccc(C)c1N(C(=O)CCl)[C@@H](C)COC. The molecule has 2 aromatic carbocycles. The number of halogens is 5. The average Bonchev–Trinajstić information content (AvgIpc) is 3.44. The normalized spacial score (nSPS) is 11.9. The zero-order chi connectivity index (χ0) is 32.3. The molecule has 0 N–H and O–H groups in total. The van der Waals surface area contributed by atoms with Crippen LogP contribution in [0.2, 0.25) is 0 Å². The van der Waals surface area contributed by atoms with Gasteiger partial charge in [0.1, 0.15) is 11.7 Å². The van der Waals surface area contributed by atoms with Crippen LogP contribution in [-0.4, -0.2) is 60.3 Å². The van der Waals surface area contributed by atoms with Crippen molar-refractivity contribution in [3.05, 3.63) is 64.4 Å². The Labute approximate surface area is 257 Å². The Balaban J connectivity index is 0.000000309. The van der Waals surface area contributed by atoms with Crippen molar-refractivity contribution in [3.63, 3.8) is 0 Å². The van der Waals surface area contributed by atoms with E-state index >= 15 is 0 Å². The molecule has 0 unspecified atom stereocenters. The molecular formula is C29H35ClF4N4O4S. The first-order valence-corrected chi connectivity index (χ1v) is 14.7. The van der Waals surface area contributed by atoms with E-state index in [0.717, 1.165) is 23.2 Å². The average molecular weight is 647 g/mol. The number of alkyl halides is 4. The number of nitrogens with zero attached hydrogens (tertiary/aromatic N) is 4. The number of amides is 2. The summed E-state index contributed by atoms with van der Waals surface area (Å²) in [4.78, 5) is 27.6. The number of ether oxygens (including phenoxy) is 2. The van der Waals surface area contributed by atoms with Crippen molar-refractivity contribution in [2.75, 3.05) is 36.0 Å². The monoisotopic (exact) mass is 646 g/mol. The van der Waals surface area contributed by atoms with Crippen LogP contribution in [0.3, 0.4) is 0 Å². The van der Waals surface area contributed by atoms with Gasteiger partial charge in [0.05, 0.1) is 18.3 Å². The predicted molar refractivity (Wildman–Crippen MR) is 160 cm³/mol. The lowest BCUT2D eigenvalue weighted by Gasteiger charge is -2.31. The van der Waals surface area contributed by atoms with Crippen molar-refractivity contribution in [1.29, 1.82) is 0 Å². The van der Waals surface area contributed by atoms with Crippen molar-refractivity contribution in [3.8, 4) is 5.19 Å². The van der Waals surface area contributed by atoms with Crippen LogP contribution in [0.1, 0.15) is 43.8 Å². The maximum atomic E-state index is 13.0. The first kappa shape index (κ1) is 35.9. The summed E-state index contributed by atoms with van der Waals surface area (Å²) < 4.78 is 60.5. The van der Waals surface area contributed by atoms with Gasteiger partial charge < -0.3 is 19.3 Å². The van der Waals surface area contributed by atoms with Gasteiger partial charge in [-0.15, -0.1) is 16.7 Å². The van der Waals surface area contributed by atoms with E-state index in [4.69, 9.17) is 21.1 Å². The number of hydrogen-bond donors (Lipinski definition) is 0. The number of benzene rings is 2. The Bertz CT molecular complexity index is 1340. The van der Waals surface area contributed by atoms with Gasteiger partial charge in [-0.1, -0.05) is 41.6 Å². The largest absolute Gasteiger partial charge is 0.459 e. The quantitative estimate of drug-likeness (QED) is 0.171. The molecule has 1 aromatic heterocycles. The number of hydrogen-bond acceptors (Lipinski definition) is 7. The maximum Gasteiger partial charge on any atom is 0.445 e. The molecule has 1 heterocycles. The molecule has 8 nitrogen and oxygen atoms in total. The summed E-state index contributed by atoms with van der Waals surface area (Å²) >= 11 is 5.97. The summed E-state index contributed by atoms with van der Waals surface area (Å²) in [6, 6.07) is 11.1. The van der Waals surface area contributed by atoms with Crippen molar-refractivity contribution in [2.45, 2.75) is 59.3 Å². The second-order valence-electron chi connectivity index (χ2n) is 9.63. The molecule has 0 bridgehead atoms. The molecule has 1 atom stereocenters. The number of aryl methyl sites for hydroxylation is 2. The molecule has 236 valence electrons. The molecule has 0 aliphatic rings. The van der Waals surface area contributed by atoms with E-state index < -0.39 is 29.5 Å². The van der Waals surface area contributed by atoms with E-state index in [-0.39, 0.29) is 40.4 Å². The second-order valence-corrected chi connectivity index (χ2v) is 10.8. The summed E-state index contributed by atoms with van der Waals surface area (Å²) in [6.45, 7) is 9.54. The molecule has 3 rings (SSSR count). The van der Waals surface area contributed by atoms with E-state index in [0.29, 0.717) is 12.3 Å². The molecule has 0 saturated carbocycles. The van der Waals surface area contributed by atoms with Gasteiger partial charge in [0.15, 0.2) is 6.61 Å². The molecule has 0 spiro atoms. The lowest BCUT2D eigenvalue weighted by Crippen LogP contribution is -2.43. The van der Waals surface area contributed by atoms with Crippen LogP contribution in [0, 0.1) is 12.7 Å². The predicted octanol–water partition coefficient (Wildman–Crippen LogP) is 6.68. The highest BCUT2D eigenvalue weighted by molar-refractivity contribution is 7.13. The maximum absolute atomic E-state index is 13.0. The second kappa shape index (κ2) is 16.5. The van der Waals surface area contributed by atoms with Gasteiger partial charge in [0.2, 0.25) is 10.9 Å². The lowest BCUT2D eigenvalue weighted by molar-refractivity contribution is -0.138. The third-order valence-electron chi connectivity index (χ3n) is 6.03. The number of para-hydroxylation sites is 1. The molecule has 0 fully saturated rings. The molecule has 2 amide bonds.